The van der Waals surface area contributed by atoms with E-state index in [0.29, 0.717) is 24.8 Å². The Kier molecular flexibility index (Phi) is 6.06. The lowest BCUT2D eigenvalue weighted by Gasteiger charge is -2.19. The van der Waals surface area contributed by atoms with Crippen molar-refractivity contribution in [3.8, 4) is 0 Å². The number of ketones is 1. The molecule has 0 bridgehead atoms. The fourth-order valence-corrected chi connectivity index (χ4v) is 2.23. The van der Waals surface area contributed by atoms with E-state index >= 15 is 0 Å². The van der Waals surface area contributed by atoms with Crippen LogP contribution >= 0.6 is 0 Å². The summed E-state index contributed by atoms with van der Waals surface area (Å²) in [6.45, 7) is 7.15. The van der Waals surface area contributed by atoms with E-state index in [0.717, 1.165) is 18.4 Å². The van der Waals surface area contributed by atoms with Crippen molar-refractivity contribution in [2.45, 2.75) is 40.0 Å². The Morgan fingerprint density at radius 2 is 1.78 bits per heavy atom. The van der Waals surface area contributed by atoms with Crippen LogP contribution in [0, 0.1) is 18.8 Å². The second-order valence-electron chi connectivity index (χ2n) is 5.41. The van der Waals surface area contributed by atoms with Crippen LogP contribution in [0.1, 0.15) is 49.0 Å². The standard InChI is InChI=1S/C16H25NO/c1-12(2)14(10-11-17)8-9-16(18)15-6-4-13(3)5-7-15/h4-7,12,14H,8-11,17H2,1-3H3. The predicted octanol–water partition coefficient (Wildman–Crippen LogP) is 3.58. The maximum absolute atomic E-state index is 12.1. The minimum absolute atomic E-state index is 0.248. The molecule has 0 radical (unpaired) electrons. The van der Waals surface area contributed by atoms with Gasteiger partial charge in [0.15, 0.2) is 5.78 Å². The van der Waals surface area contributed by atoms with E-state index in [2.05, 4.69) is 13.8 Å². The van der Waals surface area contributed by atoms with Crippen LogP contribution in [-0.4, -0.2) is 12.3 Å². The number of nitrogens with two attached hydrogens (primary N) is 1. The van der Waals surface area contributed by atoms with Crippen LogP contribution in [0.4, 0.5) is 0 Å². The van der Waals surface area contributed by atoms with E-state index in [9.17, 15) is 4.79 Å². The highest BCUT2D eigenvalue weighted by Crippen LogP contribution is 2.21. The maximum Gasteiger partial charge on any atom is 0.162 e. The van der Waals surface area contributed by atoms with Crippen LogP contribution in [0.3, 0.4) is 0 Å². The summed E-state index contributed by atoms with van der Waals surface area (Å²) in [5.41, 5.74) is 7.64. The van der Waals surface area contributed by atoms with Gasteiger partial charge in [-0.05, 0) is 38.1 Å². The van der Waals surface area contributed by atoms with Crippen molar-refractivity contribution in [3.63, 3.8) is 0 Å². The lowest BCUT2D eigenvalue weighted by Crippen LogP contribution is -2.15. The number of rotatable bonds is 7. The summed E-state index contributed by atoms with van der Waals surface area (Å²) in [6.07, 6.45) is 2.59. The Balaban J connectivity index is 2.51. The first-order valence-corrected chi connectivity index (χ1v) is 6.84. The van der Waals surface area contributed by atoms with Crippen LogP contribution in [0.25, 0.3) is 0 Å². The van der Waals surface area contributed by atoms with Gasteiger partial charge in [0.25, 0.3) is 0 Å². The number of benzene rings is 1. The van der Waals surface area contributed by atoms with Crippen LogP contribution in [-0.2, 0) is 0 Å². The molecular formula is C16H25NO. The summed E-state index contributed by atoms with van der Waals surface area (Å²) in [5.74, 6) is 1.40. The summed E-state index contributed by atoms with van der Waals surface area (Å²) >= 11 is 0. The van der Waals surface area contributed by atoms with Crippen LogP contribution < -0.4 is 5.73 Å². The van der Waals surface area contributed by atoms with Crippen molar-refractivity contribution >= 4 is 5.78 Å². The zero-order chi connectivity index (χ0) is 13.5. The molecule has 0 fully saturated rings. The average molecular weight is 247 g/mol. The first kappa shape index (κ1) is 14.9. The molecule has 0 heterocycles. The largest absolute Gasteiger partial charge is 0.330 e. The first-order chi connectivity index (χ1) is 8.54. The molecule has 0 saturated carbocycles. The van der Waals surface area contributed by atoms with Gasteiger partial charge in [0.05, 0.1) is 0 Å². The Morgan fingerprint density at radius 1 is 1.17 bits per heavy atom. The molecule has 100 valence electrons. The summed E-state index contributed by atoms with van der Waals surface area (Å²) in [4.78, 5) is 12.1. The third kappa shape index (κ3) is 4.61. The molecule has 1 aromatic carbocycles. The van der Waals surface area contributed by atoms with E-state index in [4.69, 9.17) is 5.73 Å². The van der Waals surface area contributed by atoms with Crippen molar-refractivity contribution in [2.24, 2.45) is 17.6 Å². The SMILES string of the molecule is Cc1ccc(C(=O)CCC(CCN)C(C)C)cc1. The van der Waals surface area contributed by atoms with Gasteiger partial charge < -0.3 is 5.73 Å². The Labute approximate surface area is 111 Å². The minimum Gasteiger partial charge on any atom is -0.330 e. The number of carbonyl (C=O) groups is 1. The zero-order valence-corrected chi connectivity index (χ0v) is 11.8. The number of carbonyl (C=O) groups excluding carboxylic acids is 1. The molecule has 0 aliphatic rings. The molecule has 1 rings (SSSR count). The van der Waals surface area contributed by atoms with Crippen LogP contribution in [0.5, 0.6) is 0 Å². The molecule has 1 aromatic rings. The van der Waals surface area contributed by atoms with Crippen molar-refractivity contribution in [1.82, 2.24) is 0 Å². The molecular weight excluding hydrogens is 222 g/mol. The normalized spacial score (nSPS) is 12.7. The van der Waals surface area contributed by atoms with Gasteiger partial charge >= 0.3 is 0 Å². The topological polar surface area (TPSA) is 43.1 Å². The number of Topliss-reactive ketones (excluding diaryl/α,β-unsaturated/α-hetero) is 1. The molecule has 1 unspecified atom stereocenters. The Morgan fingerprint density at radius 3 is 2.28 bits per heavy atom. The highest BCUT2D eigenvalue weighted by atomic mass is 16.1. The predicted molar refractivity (Wildman–Crippen MR) is 76.7 cm³/mol. The van der Waals surface area contributed by atoms with Crippen molar-refractivity contribution < 1.29 is 4.79 Å². The molecule has 0 aliphatic heterocycles. The zero-order valence-electron chi connectivity index (χ0n) is 11.8. The van der Waals surface area contributed by atoms with Crippen molar-refractivity contribution in [2.75, 3.05) is 6.54 Å². The van der Waals surface area contributed by atoms with E-state index in [-0.39, 0.29) is 5.78 Å². The lowest BCUT2D eigenvalue weighted by molar-refractivity contribution is 0.0969. The van der Waals surface area contributed by atoms with Gasteiger partial charge in [-0.1, -0.05) is 43.7 Å². The molecule has 2 N–H and O–H groups in total. The van der Waals surface area contributed by atoms with Crippen molar-refractivity contribution in [3.05, 3.63) is 35.4 Å². The monoisotopic (exact) mass is 247 g/mol. The number of hydrogen-bond donors (Lipinski definition) is 1. The summed E-state index contributed by atoms with van der Waals surface area (Å²) in [6, 6.07) is 7.83. The second-order valence-corrected chi connectivity index (χ2v) is 5.41. The van der Waals surface area contributed by atoms with E-state index in [1.165, 1.54) is 5.56 Å². The first-order valence-electron chi connectivity index (χ1n) is 6.84. The number of hydrogen-bond acceptors (Lipinski definition) is 2. The van der Waals surface area contributed by atoms with Gasteiger partial charge in [0, 0.05) is 12.0 Å². The Hall–Kier alpha value is -1.15. The van der Waals surface area contributed by atoms with E-state index in [1.54, 1.807) is 0 Å². The second kappa shape index (κ2) is 7.32. The Bertz CT molecular complexity index is 367. The average Bonchev–Trinajstić information content (AvgIpc) is 2.34. The highest BCUT2D eigenvalue weighted by Gasteiger charge is 2.15. The van der Waals surface area contributed by atoms with Gasteiger partial charge in [0.1, 0.15) is 0 Å². The molecule has 0 aromatic heterocycles. The van der Waals surface area contributed by atoms with Gasteiger partial charge in [-0.2, -0.15) is 0 Å². The summed E-state index contributed by atoms with van der Waals surface area (Å²) in [5, 5.41) is 0. The quantitative estimate of drug-likeness (QED) is 0.748. The molecule has 2 nitrogen and oxygen atoms in total. The molecule has 0 aliphatic carbocycles. The molecule has 18 heavy (non-hydrogen) atoms. The lowest BCUT2D eigenvalue weighted by atomic mass is 9.87. The van der Waals surface area contributed by atoms with Gasteiger partial charge in [-0.3, -0.25) is 4.79 Å². The summed E-state index contributed by atoms with van der Waals surface area (Å²) in [7, 11) is 0. The van der Waals surface area contributed by atoms with Gasteiger partial charge in [0.2, 0.25) is 0 Å². The molecule has 0 spiro atoms. The maximum atomic E-state index is 12.1. The van der Waals surface area contributed by atoms with E-state index < -0.39 is 0 Å². The molecule has 0 saturated heterocycles. The smallest absolute Gasteiger partial charge is 0.162 e. The molecule has 1 atom stereocenters. The fraction of sp³-hybridized carbons (Fsp3) is 0.562. The van der Waals surface area contributed by atoms with Gasteiger partial charge in [-0.25, -0.2) is 0 Å². The van der Waals surface area contributed by atoms with Crippen LogP contribution in [0.15, 0.2) is 24.3 Å². The molecule has 2 heteroatoms. The van der Waals surface area contributed by atoms with Crippen LogP contribution in [0.2, 0.25) is 0 Å². The van der Waals surface area contributed by atoms with E-state index in [1.807, 2.05) is 31.2 Å². The highest BCUT2D eigenvalue weighted by molar-refractivity contribution is 5.96. The third-order valence-electron chi connectivity index (χ3n) is 3.60. The minimum atomic E-state index is 0.248. The summed E-state index contributed by atoms with van der Waals surface area (Å²) < 4.78 is 0. The number of aryl methyl sites for hydroxylation is 1. The third-order valence-corrected chi connectivity index (χ3v) is 3.60. The fourth-order valence-electron chi connectivity index (χ4n) is 2.23. The van der Waals surface area contributed by atoms with Crippen molar-refractivity contribution in [1.29, 1.82) is 0 Å². The van der Waals surface area contributed by atoms with Gasteiger partial charge in [-0.15, -0.1) is 0 Å². The molecule has 0 amide bonds.